The number of ether oxygens (including phenoxy) is 2. The van der Waals surface area contributed by atoms with Crippen molar-refractivity contribution in [2.45, 2.75) is 43.9 Å². The van der Waals surface area contributed by atoms with Crippen molar-refractivity contribution in [2.24, 2.45) is 0 Å². The van der Waals surface area contributed by atoms with Crippen LogP contribution in [0.25, 0.3) is 0 Å². The normalized spacial score (nSPS) is 41.2. The van der Waals surface area contributed by atoms with Gasteiger partial charge in [-0.15, -0.1) is 0 Å². The first kappa shape index (κ1) is 16.9. The van der Waals surface area contributed by atoms with E-state index in [0.717, 1.165) is 27.9 Å². The third kappa shape index (κ3) is 1.76. The lowest BCUT2D eigenvalue weighted by molar-refractivity contribution is -0.339. The van der Waals surface area contributed by atoms with Crippen LogP contribution in [0.3, 0.4) is 0 Å². The van der Waals surface area contributed by atoms with Gasteiger partial charge in [-0.25, -0.2) is 0 Å². The average molecular weight is 290 g/mol. The first-order valence-corrected chi connectivity index (χ1v) is 5.84. The fraction of sp³-hybridized carbons (Fsp3) is 0.750. The molecule has 0 aliphatic carbocycles. The maximum Gasteiger partial charge on any atom is 0.213 e. The summed E-state index contributed by atoms with van der Waals surface area (Å²) < 4.78 is 9.71. The van der Waals surface area contributed by atoms with E-state index in [-0.39, 0.29) is 0 Å². The van der Waals surface area contributed by atoms with Crippen molar-refractivity contribution in [3.05, 3.63) is 0 Å². The van der Waals surface area contributed by atoms with Crippen LogP contribution < -0.4 is 0 Å². The Morgan fingerprint density at radius 3 is 1.85 bits per heavy atom. The fourth-order valence-electron chi connectivity index (χ4n) is 2.48. The number of carbonyl (C=O) groups is 3. The van der Waals surface area contributed by atoms with Crippen molar-refractivity contribution >= 4 is 17.3 Å². The molecule has 0 spiro atoms. The molecular weight excluding hydrogens is 272 g/mol. The molecule has 1 fully saturated rings. The summed E-state index contributed by atoms with van der Waals surface area (Å²) in [4.78, 5) is 35.3. The summed E-state index contributed by atoms with van der Waals surface area (Å²) in [6.07, 6.45) is -1.70. The van der Waals surface area contributed by atoms with Gasteiger partial charge in [0.05, 0.1) is 6.61 Å². The zero-order valence-electron chi connectivity index (χ0n) is 11.7. The van der Waals surface area contributed by atoms with Gasteiger partial charge in [0, 0.05) is 7.11 Å². The highest BCUT2D eigenvalue weighted by molar-refractivity contribution is 6.04. The maximum absolute atomic E-state index is 11.8. The van der Waals surface area contributed by atoms with Crippen molar-refractivity contribution in [3.63, 3.8) is 0 Å². The van der Waals surface area contributed by atoms with Crippen LogP contribution in [-0.2, 0) is 23.9 Å². The molecule has 1 heterocycles. The van der Waals surface area contributed by atoms with Crippen LogP contribution in [0.2, 0.25) is 0 Å². The lowest BCUT2D eigenvalue weighted by Gasteiger charge is -2.54. The molecular formula is C12H18O8. The van der Waals surface area contributed by atoms with E-state index in [1.54, 1.807) is 0 Å². The zero-order valence-corrected chi connectivity index (χ0v) is 11.7. The number of methoxy groups -OCH3 is 1. The van der Waals surface area contributed by atoms with Gasteiger partial charge < -0.3 is 24.8 Å². The summed E-state index contributed by atoms with van der Waals surface area (Å²) in [5.41, 5.74) is -8.74. The van der Waals surface area contributed by atoms with Crippen LogP contribution in [-0.4, -0.2) is 69.5 Å². The van der Waals surface area contributed by atoms with Crippen molar-refractivity contribution in [2.75, 3.05) is 13.7 Å². The molecule has 20 heavy (non-hydrogen) atoms. The molecule has 0 saturated carbocycles. The van der Waals surface area contributed by atoms with E-state index < -0.39 is 47.0 Å². The van der Waals surface area contributed by atoms with E-state index in [2.05, 4.69) is 0 Å². The molecule has 8 heteroatoms. The minimum Gasteiger partial charge on any atom is -0.376 e. The number of hydrogen-bond donors (Lipinski definition) is 3. The third-order valence-corrected chi connectivity index (χ3v) is 3.78. The summed E-state index contributed by atoms with van der Waals surface area (Å²) in [5, 5.41) is 31.4. The van der Waals surface area contributed by atoms with Crippen LogP contribution >= 0.6 is 0 Å². The van der Waals surface area contributed by atoms with E-state index >= 15 is 0 Å². The molecule has 1 aliphatic heterocycles. The van der Waals surface area contributed by atoms with Crippen LogP contribution in [0, 0.1) is 0 Å². The van der Waals surface area contributed by atoms with Gasteiger partial charge in [-0.05, 0) is 20.8 Å². The number of aliphatic hydroxyl groups is 3. The van der Waals surface area contributed by atoms with Crippen LogP contribution in [0.15, 0.2) is 0 Å². The Balaban J connectivity index is 3.67. The molecule has 1 saturated heterocycles. The highest BCUT2D eigenvalue weighted by Gasteiger charge is 2.75. The number of ketones is 3. The van der Waals surface area contributed by atoms with Crippen molar-refractivity contribution in [1.29, 1.82) is 0 Å². The number of rotatable bonds is 4. The summed E-state index contributed by atoms with van der Waals surface area (Å²) >= 11 is 0. The molecule has 4 atom stereocenters. The van der Waals surface area contributed by atoms with Gasteiger partial charge in [0.1, 0.15) is 0 Å². The number of Topliss-reactive ketones (excluding diaryl/α,β-unsaturated/α-hetero) is 3. The molecule has 0 amide bonds. The second-order valence-electron chi connectivity index (χ2n) is 4.88. The van der Waals surface area contributed by atoms with Crippen molar-refractivity contribution < 1.29 is 39.2 Å². The van der Waals surface area contributed by atoms with Crippen LogP contribution in [0.5, 0.6) is 0 Å². The molecule has 0 bridgehead atoms. The van der Waals surface area contributed by atoms with Gasteiger partial charge in [0.25, 0.3) is 0 Å². The van der Waals surface area contributed by atoms with E-state index in [4.69, 9.17) is 9.47 Å². The quantitative estimate of drug-likeness (QED) is 0.539. The lowest BCUT2D eigenvalue weighted by atomic mass is 9.63. The second-order valence-corrected chi connectivity index (χ2v) is 4.88. The molecule has 0 aromatic heterocycles. The molecule has 1 rings (SSSR count). The van der Waals surface area contributed by atoms with Gasteiger partial charge >= 0.3 is 0 Å². The SMILES string of the molecule is CO[C@@H]1OC[C@](O)(C(C)=O)[C@](O)(C(C)=O)[C@@]1(O)C(C)=O. The Bertz CT molecular complexity index is 460. The minimum atomic E-state index is -3.07. The Morgan fingerprint density at radius 1 is 1.05 bits per heavy atom. The topological polar surface area (TPSA) is 130 Å². The first-order valence-electron chi connectivity index (χ1n) is 5.84. The second kappa shape index (κ2) is 4.97. The monoisotopic (exact) mass is 290 g/mol. The predicted octanol–water partition coefficient (Wildman–Crippen LogP) is -2.05. The maximum atomic E-state index is 11.8. The molecule has 0 aromatic carbocycles. The molecule has 0 aromatic rings. The zero-order chi connectivity index (χ0) is 15.9. The highest BCUT2D eigenvalue weighted by Crippen LogP contribution is 2.43. The van der Waals surface area contributed by atoms with Crippen LogP contribution in [0.4, 0.5) is 0 Å². The van der Waals surface area contributed by atoms with E-state index in [1.807, 2.05) is 0 Å². The fourth-order valence-corrected chi connectivity index (χ4v) is 2.48. The molecule has 114 valence electrons. The van der Waals surface area contributed by atoms with Gasteiger partial charge in [0.2, 0.25) is 11.2 Å². The van der Waals surface area contributed by atoms with Crippen molar-refractivity contribution in [3.8, 4) is 0 Å². The Morgan fingerprint density at radius 2 is 1.55 bits per heavy atom. The van der Waals surface area contributed by atoms with Crippen molar-refractivity contribution in [1.82, 2.24) is 0 Å². The Labute approximate surface area is 115 Å². The Hall–Kier alpha value is -1.19. The summed E-state index contributed by atoms with van der Waals surface area (Å²) in [5.74, 6) is -3.26. The molecule has 8 nitrogen and oxygen atoms in total. The van der Waals surface area contributed by atoms with Crippen LogP contribution in [0.1, 0.15) is 20.8 Å². The smallest absolute Gasteiger partial charge is 0.213 e. The van der Waals surface area contributed by atoms with Gasteiger partial charge in [-0.2, -0.15) is 0 Å². The number of hydrogen-bond acceptors (Lipinski definition) is 8. The third-order valence-electron chi connectivity index (χ3n) is 3.78. The predicted molar refractivity (Wildman–Crippen MR) is 63.6 cm³/mol. The summed E-state index contributed by atoms with van der Waals surface area (Å²) in [6, 6.07) is 0. The molecule has 0 unspecified atom stereocenters. The first-order chi connectivity index (χ1) is 9.00. The summed E-state index contributed by atoms with van der Waals surface area (Å²) in [6.45, 7) is 1.84. The minimum absolute atomic E-state index is 0.799. The highest BCUT2D eigenvalue weighted by atomic mass is 16.7. The lowest BCUT2D eigenvalue weighted by Crippen LogP contribution is -2.83. The molecule has 0 radical (unpaired) electrons. The van der Waals surface area contributed by atoms with E-state index in [9.17, 15) is 29.7 Å². The van der Waals surface area contributed by atoms with E-state index in [0.29, 0.717) is 0 Å². The van der Waals surface area contributed by atoms with Gasteiger partial charge in [-0.1, -0.05) is 0 Å². The van der Waals surface area contributed by atoms with Gasteiger partial charge in [0.15, 0.2) is 29.2 Å². The van der Waals surface area contributed by atoms with E-state index in [1.165, 1.54) is 0 Å². The standard InChI is InChI=1S/C12H18O8/c1-6(13)10(16)5-20-9(19-4)11(17,7(2)14)12(10,18)8(3)15/h9,16-18H,5H2,1-4H3/t9-,10+,11-,12-/m1/s1. The summed E-state index contributed by atoms with van der Waals surface area (Å²) in [7, 11) is 1.08. The largest absolute Gasteiger partial charge is 0.376 e. The molecule has 3 N–H and O–H groups in total. The number of carbonyl (C=O) groups excluding carboxylic acids is 3. The van der Waals surface area contributed by atoms with Gasteiger partial charge in [-0.3, -0.25) is 14.4 Å². The average Bonchev–Trinajstić information content (AvgIpc) is 2.35. The Kier molecular flexibility index (Phi) is 4.19. The molecule has 1 aliphatic rings.